The van der Waals surface area contributed by atoms with E-state index >= 15 is 0 Å². The van der Waals surface area contributed by atoms with Crippen LogP contribution >= 0.6 is 12.4 Å². The highest BCUT2D eigenvalue weighted by Gasteiger charge is 2.24. The molecule has 1 saturated heterocycles. The third-order valence-electron chi connectivity index (χ3n) is 3.63. The summed E-state index contributed by atoms with van der Waals surface area (Å²) in [4.78, 5) is 25.9. The Morgan fingerprint density at radius 1 is 1.35 bits per heavy atom. The van der Waals surface area contributed by atoms with Crippen LogP contribution < -0.4 is 16.0 Å². The van der Waals surface area contributed by atoms with Crippen molar-refractivity contribution in [1.82, 2.24) is 0 Å². The number of benzene rings is 1. The molecule has 0 atom stereocenters. The van der Waals surface area contributed by atoms with Gasteiger partial charge in [0.15, 0.2) is 0 Å². The van der Waals surface area contributed by atoms with Crippen LogP contribution in [0.5, 0.6) is 0 Å². The van der Waals surface area contributed by atoms with Crippen molar-refractivity contribution in [3.8, 4) is 0 Å². The van der Waals surface area contributed by atoms with Crippen LogP contribution in [0.1, 0.15) is 29.0 Å². The number of hydrogen-bond donors (Lipinski definition) is 2. The molecule has 1 aromatic heterocycles. The van der Waals surface area contributed by atoms with Crippen LogP contribution in [0.3, 0.4) is 0 Å². The highest BCUT2D eigenvalue weighted by Crippen LogP contribution is 2.29. The van der Waals surface area contributed by atoms with Gasteiger partial charge in [-0.1, -0.05) is 12.1 Å². The van der Waals surface area contributed by atoms with Crippen LogP contribution in [0.4, 0.5) is 11.4 Å². The Kier molecular flexibility index (Phi) is 5.41. The lowest BCUT2D eigenvalue weighted by molar-refractivity contribution is -0.117. The summed E-state index contributed by atoms with van der Waals surface area (Å²) in [6.45, 7) is 0.918. The Bertz CT molecular complexity index is 714. The van der Waals surface area contributed by atoms with Gasteiger partial charge in [0, 0.05) is 13.0 Å². The van der Waals surface area contributed by atoms with Gasteiger partial charge in [-0.15, -0.1) is 12.4 Å². The molecule has 0 aliphatic carbocycles. The van der Waals surface area contributed by atoms with Gasteiger partial charge in [0.1, 0.15) is 12.0 Å². The van der Waals surface area contributed by atoms with Gasteiger partial charge in [-0.05, 0) is 24.6 Å². The molecular formula is C16H18ClN3O3. The van der Waals surface area contributed by atoms with Crippen LogP contribution in [0.2, 0.25) is 0 Å². The molecule has 1 fully saturated rings. The quantitative estimate of drug-likeness (QED) is 0.898. The molecular weight excluding hydrogens is 318 g/mol. The van der Waals surface area contributed by atoms with Gasteiger partial charge in [0.25, 0.3) is 5.91 Å². The standard InChI is InChI=1S/C16H17N3O3.ClH/c17-9-12-8-11(10-22-12)16(21)18-13-4-1-2-5-14(13)19-7-3-6-15(19)20;/h1-2,4-5,8,10H,3,6-7,9,17H2,(H,18,21);1H. The lowest BCUT2D eigenvalue weighted by atomic mass is 10.2. The Labute approximate surface area is 140 Å². The van der Waals surface area contributed by atoms with Crippen molar-refractivity contribution >= 4 is 35.6 Å². The summed E-state index contributed by atoms with van der Waals surface area (Å²) in [5, 5.41) is 2.83. The normalized spacial score (nSPS) is 13.8. The molecule has 0 bridgehead atoms. The van der Waals surface area contributed by atoms with Crippen LogP contribution in [0.25, 0.3) is 0 Å². The van der Waals surface area contributed by atoms with Gasteiger partial charge in [-0.25, -0.2) is 0 Å². The average Bonchev–Trinajstić information content (AvgIpc) is 3.16. The van der Waals surface area contributed by atoms with E-state index in [-0.39, 0.29) is 30.8 Å². The van der Waals surface area contributed by atoms with Crippen molar-refractivity contribution in [3.05, 3.63) is 47.9 Å². The summed E-state index contributed by atoms with van der Waals surface area (Å²) in [5.41, 5.74) is 7.21. The highest BCUT2D eigenvalue weighted by atomic mass is 35.5. The molecule has 0 unspecified atom stereocenters. The van der Waals surface area contributed by atoms with Crippen molar-refractivity contribution in [2.75, 3.05) is 16.8 Å². The number of halogens is 1. The Morgan fingerprint density at radius 2 is 2.13 bits per heavy atom. The van der Waals surface area contributed by atoms with Crippen molar-refractivity contribution in [1.29, 1.82) is 0 Å². The van der Waals surface area contributed by atoms with Crippen molar-refractivity contribution < 1.29 is 14.0 Å². The fourth-order valence-electron chi connectivity index (χ4n) is 2.52. The summed E-state index contributed by atoms with van der Waals surface area (Å²) in [6.07, 6.45) is 2.76. The van der Waals surface area contributed by atoms with Crippen molar-refractivity contribution in [3.63, 3.8) is 0 Å². The molecule has 6 nitrogen and oxygen atoms in total. The van der Waals surface area contributed by atoms with E-state index in [1.54, 1.807) is 17.0 Å². The first kappa shape index (κ1) is 17.1. The second kappa shape index (κ2) is 7.30. The zero-order valence-corrected chi connectivity index (χ0v) is 13.3. The molecule has 1 aromatic carbocycles. The van der Waals surface area contributed by atoms with Crippen LogP contribution in [0.15, 0.2) is 41.0 Å². The van der Waals surface area contributed by atoms with E-state index in [4.69, 9.17) is 10.2 Å². The summed E-state index contributed by atoms with van der Waals surface area (Å²) < 4.78 is 5.17. The number of anilines is 2. The summed E-state index contributed by atoms with van der Waals surface area (Å²) in [6, 6.07) is 8.89. The van der Waals surface area contributed by atoms with E-state index in [1.807, 2.05) is 18.2 Å². The second-order valence-corrected chi connectivity index (χ2v) is 5.13. The molecule has 3 N–H and O–H groups in total. The van der Waals surface area contributed by atoms with Crippen LogP contribution in [-0.2, 0) is 11.3 Å². The van der Waals surface area contributed by atoms with E-state index in [2.05, 4.69) is 5.32 Å². The zero-order chi connectivity index (χ0) is 15.5. The number of carbonyl (C=O) groups excluding carboxylic acids is 2. The van der Waals surface area contributed by atoms with Gasteiger partial charge in [-0.3, -0.25) is 9.59 Å². The van der Waals surface area contributed by atoms with E-state index in [1.165, 1.54) is 6.26 Å². The fraction of sp³-hybridized carbons (Fsp3) is 0.250. The molecule has 1 aliphatic rings. The molecule has 0 spiro atoms. The minimum atomic E-state index is -0.289. The summed E-state index contributed by atoms with van der Waals surface area (Å²) >= 11 is 0. The first-order valence-electron chi connectivity index (χ1n) is 7.17. The maximum Gasteiger partial charge on any atom is 0.258 e. The van der Waals surface area contributed by atoms with Gasteiger partial charge in [0.05, 0.1) is 23.5 Å². The lowest BCUT2D eigenvalue weighted by Crippen LogP contribution is -2.25. The Hall–Kier alpha value is -2.31. The molecule has 2 heterocycles. The van der Waals surface area contributed by atoms with Gasteiger partial charge in [-0.2, -0.15) is 0 Å². The molecule has 23 heavy (non-hydrogen) atoms. The van der Waals surface area contributed by atoms with Crippen molar-refractivity contribution in [2.24, 2.45) is 5.73 Å². The minimum Gasteiger partial charge on any atom is -0.467 e. The topological polar surface area (TPSA) is 88.6 Å². The predicted molar refractivity (Wildman–Crippen MR) is 89.8 cm³/mol. The number of amides is 2. The lowest BCUT2D eigenvalue weighted by Gasteiger charge is -2.19. The molecule has 0 radical (unpaired) electrons. The molecule has 2 aromatic rings. The SMILES string of the molecule is Cl.NCc1cc(C(=O)Nc2ccccc2N2CCCC2=O)co1. The summed E-state index contributed by atoms with van der Waals surface area (Å²) in [5.74, 6) is 0.339. The molecule has 3 rings (SSSR count). The van der Waals surface area contributed by atoms with Gasteiger partial charge < -0.3 is 20.4 Å². The number of hydrogen-bond acceptors (Lipinski definition) is 4. The number of nitrogens with one attached hydrogen (secondary N) is 1. The largest absolute Gasteiger partial charge is 0.467 e. The third-order valence-corrected chi connectivity index (χ3v) is 3.63. The summed E-state index contributed by atoms with van der Waals surface area (Å²) in [7, 11) is 0. The average molecular weight is 336 g/mol. The Balaban J connectivity index is 0.00000192. The number of furan rings is 1. The van der Waals surface area contributed by atoms with E-state index < -0.39 is 0 Å². The number of nitrogens with two attached hydrogens (primary N) is 1. The number of nitrogens with zero attached hydrogens (tertiary/aromatic N) is 1. The fourth-order valence-corrected chi connectivity index (χ4v) is 2.52. The smallest absolute Gasteiger partial charge is 0.258 e. The van der Waals surface area contributed by atoms with E-state index in [9.17, 15) is 9.59 Å². The maximum atomic E-state index is 12.3. The monoisotopic (exact) mass is 335 g/mol. The number of rotatable bonds is 4. The first-order chi connectivity index (χ1) is 10.7. The van der Waals surface area contributed by atoms with Crippen LogP contribution in [-0.4, -0.2) is 18.4 Å². The van der Waals surface area contributed by atoms with E-state index in [0.29, 0.717) is 30.0 Å². The van der Waals surface area contributed by atoms with Crippen LogP contribution in [0, 0.1) is 0 Å². The van der Waals surface area contributed by atoms with Crippen molar-refractivity contribution in [2.45, 2.75) is 19.4 Å². The molecule has 0 saturated carbocycles. The molecule has 2 amide bonds. The predicted octanol–water partition coefficient (Wildman–Crippen LogP) is 2.54. The number of para-hydroxylation sites is 2. The maximum absolute atomic E-state index is 12.3. The molecule has 122 valence electrons. The Morgan fingerprint density at radius 3 is 2.78 bits per heavy atom. The second-order valence-electron chi connectivity index (χ2n) is 5.13. The zero-order valence-electron chi connectivity index (χ0n) is 12.5. The number of carbonyl (C=O) groups is 2. The van der Waals surface area contributed by atoms with E-state index in [0.717, 1.165) is 12.1 Å². The first-order valence-corrected chi connectivity index (χ1v) is 7.17. The molecule has 1 aliphatic heterocycles. The minimum absolute atomic E-state index is 0. The third kappa shape index (κ3) is 3.55. The molecule has 7 heteroatoms. The highest BCUT2D eigenvalue weighted by molar-refractivity contribution is 6.07. The van der Waals surface area contributed by atoms with Gasteiger partial charge in [0.2, 0.25) is 5.91 Å². The van der Waals surface area contributed by atoms with Gasteiger partial charge >= 0.3 is 0 Å².